The zero-order valence-electron chi connectivity index (χ0n) is 17.9. The summed E-state index contributed by atoms with van der Waals surface area (Å²) in [5, 5.41) is 5.63. The zero-order valence-corrected chi connectivity index (χ0v) is 17.9. The van der Waals surface area contributed by atoms with Crippen molar-refractivity contribution in [2.24, 2.45) is 0 Å². The molecule has 1 aliphatic heterocycles. The average molecular weight is 429 g/mol. The number of nitrogens with one attached hydrogen (secondary N) is 2. The van der Waals surface area contributed by atoms with Crippen LogP contribution in [0.4, 0.5) is 5.82 Å². The Labute approximate surface area is 185 Å². The van der Waals surface area contributed by atoms with Crippen LogP contribution in [0.3, 0.4) is 0 Å². The molecule has 0 bridgehead atoms. The number of rotatable bonds is 5. The fourth-order valence-corrected chi connectivity index (χ4v) is 4.02. The van der Waals surface area contributed by atoms with Crippen LogP contribution < -0.4 is 20.1 Å². The average Bonchev–Trinajstić information content (AvgIpc) is 3.50. The Hall–Kier alpha value is -3.87. The van der Waals surface area contributed by atoms with Crippen LogP contribution in [0.2, 0.25) is 0 Å². The first-order valence-electron chi connectivity index (χ1n) is 10.5. The predicted molar refractivity (Wildman–Crippen MR) is 120 cm³/mol. The second kappa shape index (κ2) is 7.67. The van der Waals surface area contributed by atoms with Gasteiger partial charge in [-0.25, -0.2) is 4.98 Å². The van der Waals surface area contributed by atoms with Crippen molar-refractivity contribution in [1.29, 1.82) is 0 Å². The number of carbonyl (C=O) groups is 2. The lowest BCUT2D eigenvalue weighted by atomic mass is 9.94. The molecule has 1 aromatic heterocycles. The highest BCUT2D eigenvalue weighted by Crippen LogP contribution is 2.51. The fourth-order valence-electron chi connectivity index (χ4n) is 4.02. The number of pyridine rings is 1. The lowest BCUT2D eigenvalue weighted by Gasteiger charge is -2.17. The number of carbonyl (C=O) groups excluding carboxylic acids is 2. The predicted octanol–water partition coefficient (Wildman–Crippen LogP) is 3.82. The molecule has 1 fully saturated rings. The minimum absolute atomic E-state index is 0.0605. The number of hydrogen-bond acceptors (Lipinski definition) is 5. The minimum atomic E-state index is -0.552. The summed E-state index contributed by atoms with van der Waals surface area (Å²) in [5.74, 6) is 1.76. The summed E-state index contributed by atoms with van der Waals surface area (Å²) in [7, 11) is 1.61. The number of aromatic nitrogens is 1. The van der Waals surface area contributed by atoms with Crippen molar-refractivity contribution in [1.82, 2.24) is 10.3 Å². The van der Waals surface area contributed by atoms with Crippen molar-refractivity contribution in [3.05, 3.63) is 71.4 Å². The monoisotopic (exact) mass is 429 g/mol. The second-order valence-corrected chi connectivity index (χ2v) is 8.15. The zero-order chi connectivity index (χ0) is 22.3. The highest BCUT2D eigenvalue weighted by Gasteiger charge is 2.51. The number of aryl methyl sites for hydroxylation is 1. The summed E-state index contributed by atoms with van der Waals surface area (Å²) in [4.78, 5) is 29.4. The summed E-state index contributed by atoms with van der Waals surface area (Å²) in [5.41, 5.74) is 3.72. The molecule has 0 saturated heterocycles. The minimum Gasteiger partial charge on any atom is -0.454 e. The van der Waals surface area contributed by atoms with Gasteiger partial charge in [0.15, 0.2) is 11.5 Å². The number of hydrogen-bond donors (Lipinski definition) is 2. The molecule has 1 saturated carbocycles. The summed E-state index contributed by atoms with van der Waals surface area (Å²) in [6, 6.07) is 15.0. The van der Waals surface area contributed by atoms with Crippen LogP contribution in [0, 0.1) is 6.92 Å². The van der Waals surface area contributed by atoms with E-state index in [1.165, 1.54) is 0 Å². The maximum Gasteiger partial charge on any atom is 0.251 e. The molecule has 0 unspecified atom stereocenters. The molecular formula is C25H23N3O4. The van der Waals surface area contributed by atoms with E-state index in [9.17, 15) is 9.59 Å². The quantitative estimate of drug-likeness (QED) is 0.644. The second-order valence-electron chi connectivity index (χ2n) is 8.15. The van der Waals surface area contributed by atoms with E-state index in [0.29, 0.717) is 22.9 Å². The maximum absolute atomic E-state index is 13.2. The number of nitrogens with zero attached hydrogens (tertiary/aromatic N) is 1. The standard InChI is InChI=1S/C25H23N3O4/c1-15-11-18(16-3-5-17(6-4-16)23(29)26-2)13-27-22(15)28-24(30)25(9-10-25)19-7-8-20-21(12-19)32-14-31-20/h3-8,11-13H,9-10,14H2,1-2H3,(H,26,29)(H,27,28,30). The summed E-state index contributed by atoms with van der Waals surface area (Å²) in [6.45, 7) is 2.13. The molecule has 2 N–H and O–H groups in total. The third-order valence-corrected chi connectivity index (χ3v) is 6.13. The van der Waals surface area contributed by atoms with Crippen molar-refractivity contribution < 1.29 is 19.1 Å². The number of fused-ring (bicyclic) bond motifs is 1. The lowest BCUT2D eigenvalue weighted by molar-refractivity contribution is -0.118. The van der Waals surface area contributed by atoms with E-state index in [1.54, 1.807) is 25.4 Å². The van der Waals surface area contributed by atoms with E-state index in [-0.39, 0.29) is 18.6 Å². The van der Waals surface area contributed by atoms with Gasteiger partial charge in [0.25, 0.3) is 5.91 Å². The fraction of sp³-hybridized carbons (Fsp3) is 0.240. The highest BCUT2D eigenvalue weighted by atomic mass is 16.7. The van der Waals surface area contributed by atoms with Gasteiger partial charge in [0, 0.05) is 24.4 Å². The molecule has 2 aliphatic rings. The maximum atomic E-state index is 13.2. The molecule has 0 spiro atoms. The van der Waals surface area contributed by atoms with Gasteiger partial charge in [0.1, 0.15) is 5.82 Å². The summed E-state index contributed by atoms with van der Waals surface area (Å²) < 4.78 is 10.9. The molecule has 7 nitrogen and oxygen atoms in total. The topological polar surface area (TPSA) is 89.6 Å². The molecule has 2 aromatic carbocycles. The first-order valence-corrected chi connectivity index (χ1v) is 10.5. The van der Waals surface area contributed by atoms with Crippen LogP contribution in [0.25, 0.3) is 11.1 Å². The van der Waals surface area contributed by atoms with Gasteiger partial charge < -0.3 is 20.1 Å². The molecule has 2 heterocycles. The van der Waals surface area contributed by atoms with Crippen LogP contribution in [-0.2, 0) is 10.2 Å². The Balaban J connectivity index is 1.34. The molecular weight excluding hydrogens is 406 g/mol. The van der Waals surface area contributed by atoms with E-state index in [2.05, 4.69) is 15.6 Å². The number of ether oxygens (including phenoxy) is 2. The van der Waals surface area contributed by atoms with E-state index >= 15 is 0 Å². The summed E-state index contributed by atoms with van der Waals surface area (Å²) >= 11 is 0. The molecule has 7 heteroatoms. The third-order valence-electron chi connectivity index (χ3n) is 6.13. The first-order chi connectivity index (χ1) is 15.5. The number of amides is 2. The van der Waals surface area contributed by atoms with Gasteiger partial charge >= 0.3 is 0 Å². The molecule has 3 aromatic rings. The SMILES string of the molecule is CNC(=O)c1ccc(-c2cnc(NC(=O)C3(c4ccc5c(c4)OCO5)CC3)c(C)c2)cc1. The number of benzene rings is 2. The molecule has 2 amide bonds. The third kappa shape index (κ3) is 3.45. The first kappa shape index (κ1) is 20.1. The highest BCUT2D eigenvalue weighted by molar-refractivity contribution is 6.01. The van der Waals surface area contributed by atoms with Crippen LogP contribution in [0.1, 0.15) is 34.3 Å². The Morgan fingerprint density at radius 3 is 2.41 bits per heavy atom. The molecule has 162 valence electrons. The smallest absolute Gasteiger partial charge is 0.251 e. The Morgan fingerprint density at radius 1 is 0.969 bits per heavy atom. The van der Waals surface area contributed by atoms with Gasteiger partial charge in [0.2, 0.25) is 12.7 Å². The summed E-state index contributed by atoms with van der Waals surface area (Å²) in [6.07, 6.45) is 3.30. The number of anilines is 1. The Morgan fingerprint density at radius 2 is 1.72 bits per heavy atom. The van der Waals surface area contributed by atoms with Gasteiger partial charge in [-0.2, -0.15) is 0 Å². The molecule has 1 aliphatic carbocycles. The normalized spacial score (nSPS) is 15.2. The van der Waals surface area contributed by atoms with Gasteiger partial charge in [-0.3, -0.25) is 9.59 Å². The van der Waals surface area contributed by atoms with Crippen molar-refractivity contribution in [2.45, 2.75) is 25.2 Å². The van der Waals surface area contributed by atoms with Gasteiger partial charge in [0.05, 0.1) is 5.41 Å². The van der Waals surface area contributed by atoms with Crippen molar-refractivity contribution >= 4 is 17.6 Å². The van der Waals surface area contributed by atoms with Crippen molar-refractivity contribution in [3.63, 3.8) is 0 Å². The van der Waals surface area contributed by atoms with E-state index < -0.39 is 5.41 Å². The largest absolute Gasteiger partial charge is 0.454 e. The molecule has 5 rings (SSSR count). The van der Waals surface area contributed by atoms with Crippen LogP contribution in [0.5, 0.6) is 11.5 Å². The van der Waals surface area contributed by atoms with E-state index in [1.807, 2.05) is 43.3 Å². The molecule has 0 atom stereocenters. The molecule has 32 heavy (non-hydrogen) atoms. The van der Waals surface area contributed by atoms with Crippen LogP contribution in [-0.4, -0.2) is 30.6 Å². The van der Waals surface area contributed by atoms with E-state index in [4.69, 9.17) is 9.47 Å². The van der Waals surface area contributed by atoms with Crippen LogP contribution in [0.15, 0.2) is 54.7 Å². The van der Waals surface area contributed by atoms with Crippen molar-refractivity contribution in [3.8, 4) is 22.6 Å². The van der Waals surface area contributed by atoms with Gasteiger partial charge in [-0.05, 0) is 66.8 Å². The lowest BCUT2D eigenvalue weighted by Crippen LogP contribution is -2.28. The van der Waals surface area contributed by atoms with E-state index in [0.717, 1.165) is 35.1 Å². The van der Waals surface area contributed by atoms with Crippen molar-refractivity contribution in [2.75, 3.05) is 19.2 Å². The Kier molecular flexibility index (Phi) is 4.81. The Bertz CT molecular complexity index is 1220. The van der Waals surface area contributed by atoms with Gasteiger partial charge in [-0.15, -0.1) is 0 Å². The van der Waals surface area contributed by atoms with Gasteiger partial charge in [-0.1, -0.05) is 18.2 Å². The van der Waals surface area contributed by atoms with Crippen LogP contribution >= 0.6 is 0 Å². The molecule has 0 radical (unpaired) electrons.